The van der Waals surface area contributed by atoms with Crippen LogP contribution in [0, 0.1) is 0 Å². The molecule has 2 heterocycles. The number of aryl methyl sites for hydroxylation is 4. The maximum absolute atomic E-state index is 13.0. The van der Waals surface area contributed by atoms with Crippen LogP contribution in [0.1, 0.15) is 45.7 Å². The molecule has 0 aliphatic carbocycles. The summed E-state index contributed by atoms with van der Waals surface area (Å²) in [5.74, 6) is -1.25. The normalized spacial score (nSPS) is 12.8. The Morgan fingerprint density at radius 2 is 1.00 bits per heavy atom. The second-order valence-corrected chi connectivity index (χ2v) is 11.4. The van der Waals surface area contributed by atoms with Crippen LogP contribution in [0.5, 0.6) is 0 Å². The summed E-state index contributed by atoms with van der Waals surface area (Å²) in [5, 5.41) is 0. The van der Waals surface area contributed by atoms with Crippen LogP contribution >= 0.6 is 0 Å². The Labute approximate surface area is 238 Å². The highest BCUT2D eigenvalue weighted by Gasteiger charge is 2.19. The van der Waals surface area contributed by atoms with Gasteiger partial charge in [0.15, 0.2) is 0 Å². The van der Waals surface area contributed by atoms with Gasteiger partial charge in [-0.05, 0) is 47.2 Å². The highest BCUT2D eigenvalue weighted by molar-refractivity contribution is 7.79. The molecule has 2 aromatic heterocycles. The molecule has 0 aliphatic heterocycles. The van der Waals surface area contributed by atoms with E-state index in [1.807, 2.05) is 47.5 Å². The first-order valence-electron chi connectivity index (χ1n) is 13.0. The standard InChI is InChI=1S/C30H32N2O6S2/c1-3-21-17-27(31(19-21)13-15-39(35)36)23-5-9-25(10-6-23)29(33)30(34)26-11-7-24(8-12-26)28-18-22(4-2)20-32(28)14-16-40(37)38/h5-12,17-20H,3-4,13-16H2,1-2H3,(H,35,36)(H,37,38)/p-2. The zero-order valence-electron chi connectivity index (χ0n) is 22.3. The van der Waals surface area contributed by atoms with Gasteiger partial charge in [0.1, 0.15) is 0 Å². The van der Waals surface area contributed by atoms with E-state index in [2.05, 4.69) is 0 Å². The van der Waals surface area contributed by atoms with Crippen molar-refractivity contribution in [2.45, 2.75) is 39.8 Å². The summed E-state index contributed by atoms with van der Waals surface area (Å²) in [4.78, 5) is 26.0. The number of carbonyl (C=O) groups is 2. The van der Waals surface area contributed by atoms with Crippen molar-refractivity contribution in [2.75, 3.05) is 11.5 Å². The van der Waals surface area contributed by atoms with Gasteiger partial charge in [0.25, 0.3) is 0 Å². The molecule has 0 saturated carbocycles. The van der Waals surface area contributed by atoms with Crippen LogP contribution in [0.4, 0.5) is 0 Å². The smallest absolute Gasteiger partial charge is 0.233 e. The minimum atomic E-state index is -2.15. The van der Waals surface area contributed by atoms with Gasteiger partial charge in [0.2, 0.25) is 11.6 Å². The Balaban J connectivity index is 1.51. The number of rotatable bonds is 13. The molecule has 0 bridgehead atoms. The van der Waals surface area contributed by atoms with Gasteiger partial charge in [-0.2, -0.15) is 0 Å². The number of hydrogen-bond donors (Lipinski definition) is 0. The predicted octanol–water partition coefficient (Wildman–Crippen LogP) is 4.57. The third-order valence-electron chi connectivity index (χ3n) is 6.81. The van der Waals surface area contributed by atoms with Crippen LogP contribution in [-0.2, 0) is 48.1 Å². The number of Topliss-reactive ketones (excluding diaryl/α,β-unsaturated/α-hetero) is 2. The minimum absolute atomic E-state index is 0.00133. The lowest BCUT2D eigenvalue weighted by molar-refractivity contribution is 0.0817. The van der Waals surface area contributed by atoms with E-state index in [1.54, 1.807) is 48.5 Å². The zero-order chi connectivity index (χ0) is 28.8. The van der Waals surface area contributed by atoms with Gasteiger partial charge >= 0.3 is 0 Å². The highest BCUT2D eigenvalue weighted by atomic mass is 32.2. The van der Waals surface area contributed by atoms with Crippen molar-refractivity contribution in [3.63, 3.8) is 0 Å². The van der Waals surface area contributed by atoms with E-state index in [0.29, 0.717) is 13.1 Å². The number of hydrogen-bond acceptors (Lipinski definition) is 6. The molecule has 4 rings (SSSR count). The van der Waals surface area contributed by atoms with Gasteiger partial charge in [0, 0.05) is 59.5 Å². The van der Waals surface area contributed by atoms with Gasteiger partial charge < -0.3 is 18.2 Å². The Morgan fingerprint density at radius 3 is 1.30 bits per heavy atom. The Morgan fingerprint density at radius 1 is 0.650 bits per heavy atom. The lowest BCUT2D eigenvalue weighted by Gasteiger charge is -2.11. The first-order valence-corrected chi connectivity index (χ1v) is 15.5. The number of ketones is 2. The number of aromatic nitrogens is 2. The Kier molecular flexibility index (Phi) is 9.80. The summed E-state index contributed by atoms with van der Waals surface area (Å²) in [5.41, 5.74) is 6.01. The first kappa shape index (κ1) is 29.5. The first-order chi connectivity index (χ1) is 19.2. The number of benzene rings is 2. The SMILES string of the molecule is CCc1cc(-c2ccc(C(=O)C(=O)c3ccc(-c4cc(CC)cn4CCS(=O)[O-])cc3)cc2)n(CCS(=O)[O-])c1. The molecule has 0 radical (unpaired) electrons. The van der Waals surface area contributed by atoms with Crippen molar-refractivity contribution in [3.05, 3.63) is 95.3 Å². The molecule has 210 valence electrons. The fourth-order valence-electron chi connectivity index (χ4n) is 4.58. The van der Waals surface area contributed by atoms with E-state index in [0.717, 1.165) is 46.5 Å². The largest absolute Gasteiger partial charge is 0.772 e. The summed E-state index contributed by atoms with van der Waals surface area (Å²) in [7, 11) is 0. The average Bonchev–Trinajstić information content (AvgIpc) is 3.58. The molecule has 0 saturated heterocycles. The minimum Gasteiger partial charge on any atom is -0.772 e. The molecule has 0 N–H and O–H groups in total. The highest BCUT2D eigenvalue weighted by Crippen LogP contribution is 2.26. The van der Waals surface area contributed by atoms with E-state index in [9.17, 15) is 27.1 Å². The average molecular weight is 579 g/mol. The molecule has 0 spiro atoms. The van der Waals surface area contributed by atoms with Crippen molar-refractivity contribution in [1.82, 2.24) is 9.13 Å². The van der Waals surface area contributed by atoms with Crippen LogP contribution < -0.4 is 0 Å². The van der Waals surface area contributed by atoms with Gasteiger partial charge in [-0.15, -0.1) is 0 Å². The van der Waals surface area contributed by atoms with Crippen LogP contribution in [0.15, 0.2) is 73.1 Å². The number of carbonyl (C=O) groups excluding carboxylic acids is 2. The fourth-order valence-corrected chi connectivity index (χ4v) is 5.27. The molecule has 8 nitrogen and oxygen atoms in total. The molecule has 2 unspecified atom stereocenters. The monoisotopic (exact) mass is 578 g/mol. The Hall–Kier alpha value is -3.44. The van der Waals surface area contributed by atoms with Crippen molar-refractivity contribution in [3.8, 4) is 22.5 Å². The van der Waals surface area contributed by atoms with Crippen molar-refractivity contribution in [1.29, 1.82) is 0 Å². The second kappa shape index (κ2) is 13.3. The topological polar surface area (TPSA) is 124 Å². The lowest BCUT2D eigenvalue weighted by Crippen LogP contribution is -2.14. The van der Waals surface area contributed by atoms with Crippen LogP contribution in [-0.4, -0.2) is 49.7 Å². The maximum atomic E-state index is 13.0. The van der Waals surface area contributed by atoms with Gasteiger partial charge in [-0.1, -0.05) is 84.5 Å². The molecule has 4 aromatic rings. The van der Waals surface area contributed by atoms with E-state index in [1.165, 1.54) is 0 Å². The summed E-state index contributed by atoms with van der Waals surface area (Å²) in [6, 6.07) is 17.5. The molecule has 40 heavy (non-hydrogen) atoms. The predicted molar refractivity (Wildman–Crippen MR) is 155 cm³/mol. The van der Waals surface area contributed by atoms with Gasteiger partial charge in [-0.3, -0.25) is 18.0 Å². The third-order valence-corrected chi connectivity index (χ3v) is 7.84. The molecule has 10 heteroatoms. The van der Waals surface area contributed by atoms with E-state index in [-0.39, 0.29) is 22.6 Å². The van der Waals surface area contributed by atoms with Crippen molar-refractivity contribution in [2.24, 2.45) is 0 Å². The molecule has 0 amide bonds. The quantitative estimate of drug-likeness (QED) is 0.130. The Bertz CT molecular complexity index is 1430. The molecule has 0 fully saturated rings. The van der Waals surface area contributed by atoms with Crippen LogP contribution in [0.3, 0.4) is 0 Å². The van der Waals surface area contributed by atoms with Crippen LogP contribution in [0.2, 0.25) is 0 Å². The third kappa shape index (κ3) is 7.00. The van der Waals surface area contributed by atoms with Gasteiger partial charge in [-0.25, -0.2) is 0 Å². The molecular formula is C30H30N2O6S2-2. The molecular weight excluding hydrogens is 548 g/mol. The summed E-state index contributed by atoms with van der Waals surface area (Å²) in [6.07, 6.45) is 5.46. The summed E-state index contributed by atoms with van der Waals surface area (Å²) >= 11 is -4.30. The fraction of sp³-hybridized carbons (Fsp3) is 0.267. The lowest BCUT2D eigenvalue weighted by atomic mass is 9.98. The van der Waals surface area contributed by atoms with Crippen LogP contribution in [0.25, 0.3) is 22.5 Å². The molecule has 0 aliphatic rings. The summed E-state index contributed by atoms with van der Waals surface area (Å²) in [6.45, 7) is 4.69. The maximum Gasteiger partial charge on any atom is 0.233 e. The number of nitrogens with zero attached hydrogens (tertiary/aromatic N) is 2. The second-order valence-electron chi connectivity index (χ2n) is 9.39. The van der Waals surface area contributed by atoms with Crippen molar-refractivity contribution < 1.29 is 27.1 Å². The van der Waals surface area contributed by atoms with E-state index in [4.69, 9.17) is 0 Å². The molecule has 2 atom stereocenters. The van der Waals surface area contributed by atoms with Crippen molar-refractivity contribution >= 4 is 33.7 Å². The summed E-state index contributed by atoms with van der Waals surface area (Å²) < 4.78 is 48.0. The zero-order valence-corrected chi connectivity index (χ0v) is 24.0. The van der Waals surface area contributed by atoms with E-state index < -0.39 is 33.7 Å². The van der Waals surface area contributed by atoms with Gasteiger partial charge in [0.05, 0.1) is 0 Å². The van der Waals surface area contributed by atoms with E-state index >= 15 is 0 Å². The molecule has 2 aromatic carbocycles.